The van der Waals surface area contributed by atoms with Crippen molar-refractivity contribution in [2.75, 3.05) is 13.2 Å². The van der Waals surface area contributed by atoms with Crippen molar-refractivity contribution in [2.45, 2.75) is 38.8 Å². The summed E-state index contributed by atoms with van der Waals surface area (Å²) in [5.74, 6) is 0.427. The van der Waals surface area contributed by atoms with Crippen molar-refractivity contribution in [1.29, 1.82) is 0 Å². The molecule has 0 fully saturated rings. The van der Waals surface area contributed by atoms with E-state index in [-0.39, 0.29) is 18.6 Å². The Morgan fingerprint density at radius 1 is 1.45 bits per heavy atom. The molecule has 1 amide bonds. The van der Waals surface area contributed by atoms with Crippen LogP contribution in [0, 0.1) is 5.92 Å². The van der Waals surface area contributed by atoms with E-state index in [0.717, 1.165) is 25.8 Å². The number of benzene rings is 1. The standard InChI is InChI=1S/C16H24N2O2/c1-2-12(7-8-19)10-18-16(20)15-9-13-5-3-4-6-14(13)11-17-15/h3-6,12,15,17,19H,2,7-11H2,1H3,(H,18,20)/t12?,15-/m0/s1. The first-order valence-electron chi connectivity index (χ1n) is 7.43. The van der Waals surface area contributed by atoms with Gasteiger partial charge in [0.25, 0.3) is 0 Å². The van der Waals surface area contributed by atoms with E-state index >= 15 is 0 Å². The van der Waals surface area contributed by atoms with Gasteiger partial charge in [-0.2, -0.15) is 0 Å². The fraction of sp³-hybridized carbons (Fsp3) is 0.562. The van der Waals surface area contributed by atoms with Crippen LogP contribution in [0.25, 0.3) is 0 Å². The van der Waals surface area contributed by atoms with Crippen molar-refractivity contribution >= 4 is 5.91 Å². The Morgan fingerprint density at radius 3 is 2.90 bits per heavy atom. The average Bonchev–Trinajstić information content (AvgIpc) is 2.50. The van der Waals surface area contributed by atoms with Crippen LogP contribution in [-0.2, 0) is 17.8 Å². The lowest BCUT2D eigenvalue weighted by Crippen LogP contribution is -2.48. The molecule has 0 bridgehead atoms. The van der Waals surface area contributed by atoms with Gasteiger partial charge >= 0.3 is 0 Å². The first kappa shape index (κ1) is 15.0. The van der Waals surface area contributed by atoms with Crippen molar-refractivity contribution < 1.29 is 9.90 Å². The Balaban J connectivity index is 1.85. The quantitative estimate of drug-likeness (QED) is 0.732. The monoisotopic (exact) mass is 276 g/mol. The highest BCUT2D eigenvalue weighted by molar-refractivity contribution is 5.82. The van der Waals surface area contributed by atoms with E-state index in [4.69, 9.17) is 5.11 Å². The van der Waals surface area contributed by atoms with E-state index in [1.54, 1.807) is 0 Å². The summed E-state index contributed by atoms with van der Waals surface area (Å²) >= 11 is 0. The fourth-order valence-corrected chi connectivity index (χ4v) is 2.64. The van der Waals surface area contributed by atoms with Gasteiger partial charge in [-0.1, -0.05) is 37.6 Å². The van der Waals surface area contributed by atoms with E-state index in [0.29, 0.717) is 12.5 Å². The number of hydrogen-bond acceptors (Lipinski definition) is 3. The smallest absolute Gasteiger partial charge is 0.237 e. The topological polar surface area (TPSA) is 61.4 Å². The number of carbonyl (C=O) groups is 1. The van der Waals surface area contributed by atoms with Gasteiger partial charge in [0.05, 0.1) is 6.04 Å². The van der Waals surface area contributed by atoms with Crippen molar-refractivity contribution in [3.63, 3.8) is 0 Å². The van der Waals surface area contributed by atoms with Crippen LogP contribution in [0.15, 0.2) is 24.3 Å². The average molecular weight is 276 g/mol. The van der Waals surface area contributed by atoms with Crippen LogP contribution in [0.2, 0.25) is 0 Å². The third kappa shape index (κ3) is 3.81. The molecule has 4 heteroatoms. The molecule has 1 aromatic carbocycles. The van der Waals surface area contributed by atoms with Gasteiger partial charge in [0.2, 0.25) is 5.91 Å². The maximum absolute atomic E-state index is 12.2. The highest BCUT2D eigenvalue weighted by Crippen LogP contribution is 2.16. The number of aliphatic hydroxyl groups is 1. The van der Waals surface area contributed by atoms with Gasteiger partial charge in [-0.3, -0.25) is 4.79 Å². The van der Waals surface area contributed by atoms with Crippen LogP contribution < -0.4 is 10.6 Å². The number of carbonyl (C=O) groups excluding carboxylic acids is 1. The van der Waals surface area contributed by atoms with E-state index in [9.17, 15) is 4.79 Å². The molecule has 0 aliphatic carbocycles. The summed E-state index contributed by atoms with van der Waals surface area (Å²) in [6.45, 7) is 3.67. The second kappa shape index (κ2) is 7.41. The minimum absolute atomic E-state index is 0.0656. The minimum Gasteiger partial charge on any atom is -0.396 e. The molecule has 0 saturated carbocycles. The van der Waals surface area contributed by atoms with Gasteiger partial charge in [0, 0.05) is 19.7 Å². The molecule has 2 rings (SSSR count). The zero-order chi connectivity index (χ0) is 14.4. The highest BCUT2D eigenvalue weighted by atomic mass is 16.3. The summed E-state index contributed by atoms with van der Waals surface area (Å²) in [6.07, 6.45) is 2.47. The predicted molar refractivity (Wildman–Crippen MR) is 79.3 cm³/mol. The molecule has 110 valence electrons. The number of rotatable bonds is 6. The van der Waals surface area contributed by atoms with Crippen molar-refractivity contribution in [1.82, 2.24) is 10.6 Å². The van der Waals surface area contributed by atoms with E-state index in [1.807, 2.05) is 12.1 Å². The van der Waals surface area contributed by atoms with Crippen molar-refractivity contribution in [3.8, 4) is 0 Å². The summed E-state index contributed by atoms with van der Waals surface area (Å²) in [5, 5.41) is 15.3. The van der Waals surface area contributed by atoms with Gasteiger partial charge in [-0.15, -0.1) is 0 Å². The summed E-state index contributed by atoms with van der Waals surface area (Å²) in [6, 6.07) is 8.10. The molecule has 0 saturated heterocycles. The third-order valence-corrected chi connectivity index (χ3v) is 4.08. The number of fused-ring (bicyclic) bond motifs is 1. The Bertz CT molecular complexity index is 448. The lowest BCUT2D eigenvalue weighted by Gasteiger charge is -2.26. The molecule has 1 aliphatic rings. The van der Waals surface area contributed by atoms with Crippen LogP contribution in [-0.4, -0.2) is 30.2 Å². The normalized spacial score (nSPS) is 19.2. The summed E-state index contributed by atoms with van der Waals surface area (Å²) in [7, 11) is 0. The molecular weight excluding hydrogens is 252 g/mol. The van der Waals surface area contributed by atoms with Crippen LogP contribution in [0.3, 0.4) is 0 Å². The number of hydrogen-bond donors (Lipinski definition) is 3. The second-order valence-electron chi connectivity index (χ2n) is 5.44. The second-order valence-corrected chi connectivity index (χ2v) is 5.44. The molecule has 1 unspecified atom stereocenters. The first-order valence-corrected chi connectivity index (χ1v) is 7.43. The maximum atomic E-state index is 12.2. The van der Waals surface area contributed by atoms with Crippen LogP contribution >= 0.6 is 0 Å². The highest BCUT2D eigenvalue weighted by Gasteiger charge is 2.23. The molecule has 1 aromatic rings. The number of amides is 1. The van der Waals surface area contributed by atoms with Gasteiger partial charge < -0.3 is 15.7 Å². The Labute approximate surface area is 120 Å². The van der Waals surface area contributed by atoms with Crippen LogP contribution in [0.1, 0.15) is 30.9 Å². The van der Waals surface area contributed by atoms with Crippen molar-refractivity contribution in [2.24, 2.45) is 5.92 Å². The number of nitrogens with one attached hydrogen (secondary N) is 2. The van der Waals surface area contributed by atoms with E-state index < -0.39 is 0 Å². The lowest BCUT2D eigenvalue weighted by molar-refractivity contribution is -0.123. The Hall–Kier alpha value is -1.39. The third-order valence-electron chi connectivity index (χ3n) is 4.08. The molecule has 0 spiro atoms. The first-order chi connectivity index (χ1) is 9.74. The Morgan fingerprint density at radius 2 is 2.20 bits per heavy atom. The lowest BCUT2D eigenvalue weighted by atomic mass is 9.95. The molecule has 20 heavy (non-hydrogen) atoms. The van der Waals surface area contributed by atoms with E-state index in [2.05, 4.69) is 29.7 Å². The van der Waals surface area contributed by atoms with Crippen LogP contribution in [0.4, 0.5) is 0 Å². The van der Waals surface area contributed by atoms with Gasteiger partial charge in [-0.25, -0.2) is 0 Å². The molecule has 1 heterocycles. The summed E-state index contributed by atoms with van der Waals surface area (Å²) in [5.41, 5.74) is 2.54. The molecule has 0 aromatic heterocycles. The minimum atomic E-state index is -0.142. The van der Waals surface area contributed by atoms with E-state index in [1.165, 1.54) is 11.1 Å². The Kier molecular flexibility index (Phi) is 5.56. The molecule has 2 atom stereocenters. The molecule has 4 nitrogen and oxygen atoms in total. The van der Waals surface area contributed by atoms with Crippen LogP contribution in [0.5, 0.6) is 0 Å². The number of aliphatic hydroxyl groups excluding tert-OH is 1. The molecule has 1 aliphatic heterocycles. The molecular formula is C16H24N2O2. The fourth-order valence-electron chi connectivity index (χ4n) is 2.64. The zero-order valence-electron chi connectivity index (χ0n) is 12.1. The van der Waals surface area contributed by atoms with Crippen molar-refractivity contribution in [3.05, 3.63) is 35.4 Å². The summed E-state index contributed by atoms with van der Waals surface area (Å²) < 4.78 is 0. The molecule has 3 N–H and O–H groups in total. The van der Waals surface area contributed by atoms with Gasteiger partial charge in [0.15, 0.2) is 0 Å². The largest absolute Gasteiger partial charge is 0.396 e. The predicted octanol–water partition coefficient (Wildman–Crippen LogP) is 1.23. The zero-order valence-corrected chi connectivity index (χ0v) is 12.1. The van der Waals surface area contributed by atoms with Gasteiger partial charge in [0.1, 0.15) is 0 Å². The summed E-state index contributed by atoms with van der Waals surface area (Å²) in [4.78, 5) is 12.2. The maximum Gasteiger partial charge on any atom is 0.237 e. The SMILES string of the molecule is CCC(CCO)CNC(=O)[C@@H]1Cc2ccccc2CN1. The van der Waals surface area contributed by atoms with Gasteiger partial charge in [-0.05, 0) is 29.9 Å². The molecule has 0 radical (unpaired) electrons.